The molecular weight excluding hydrogens is 306 g/mol. The molecule has 0 amide bonds. The maximum absolute atomic E-state index is 12.2. The number of nitriles is 1. The second-order valence-electron chi connectivity index (χ2n) is 5.75. The van der Waals surface area contributed by atoms with Crippen LogP contribution in [0.3, 0.4) is 0 Å². The lowest BCUT2D eigenvalue weighted by atomic mass is 9.93. The van der Waals surface area contributed by atoms with E-state index in [9.17, 15) is 14.9 Å². The molecule has 118 valence electrons. The molecule has 0 aliphatic rings. The van der Waals surface area contributed by atoms with Crippen molar-refractivity contribution in [2.24, 2.45) is 0 Å². The van der Waals surface area contributed by atoms with Crippen molar-refractivity contribution in [3.63, 3.8) is 0 Å². The minimum atomic E-state index is -1.26. The van der Waals surface area contributed by atoms with Crippen LogP contribution >= 0.6 is 11.6 Å². The molecule has 1 rings (SSSR count). The molecule has 6 heteroatoms. The molecule has 0 aliphatic heterocycles. The molecule has 1 unspecified atom stereocenters. The number of rotatable bonds is 3. The number of halogens is 1. The fraction of sp³-hybridized carbons (Fsp3) is 0.438. The molecule has 0 fully saturated rings. The van der Waals surface area contributed by atoms with Crippen LogP contribution in [-0.4, -0.2) is 24.6 Å². The lowest BCUT2D eigenvalue weighted by molar-refractivity contribution is -0.155. The van der Waals surface area contributed by atoms with Crippen LogP contribution in [0.5, 0.6) is 0 Å². The molecule has 1 aromatic carbocycles. The second-order valence-corrected chi connectivity index (χ2v) is 6.13. The molecule has 0 aliphatic carbocycles. The van der Waals surface area contributed by atoms with Gasteiger partial charge >= 0.3 is 11.9 Å². The highest BCUT2D eigenvalue weighted by Crippen LogP contribution is 2.31. The lowest BCUT2D eigenvalue weighted by Gasteiger charge is -2.22. The predicted molar refractivity (Wildman–Crippen MR) is 81.7 cm³/mol. The van der Waals surface area contributed by atoms with Crippen molar-refractivity contribution in [2.45, 2.75) is 39.2 Å². The second kappa shape index (κ2) is 6.80. The van der Waals surface area contributed by atoms with Crippen molar-refractivity contribution in [2.75, 3.05) is 7.11 Å². The van der Waals surface area contributed by atoms with E-state index in [1.165, 1.54) is 13.2 Å². The Morgan fingerprint density at radius 3 is 2.36 bits per heavy atom. The summed E-state index contributed by atoms with van der Waals surface area (Å²) in [6, 6.07) is 5.02. The number of hydrogen-bond acceptors (Lipinski definition) is 5. The molecule has 0 aromatic heterocycles. The van der Waals surface area contributed by atoms with Crippen molar-refractivity contribution in [3.8, 4) is 6.07 Å². The van der Waals surface area contributed by atoms with Gasteiger partial charge in [0.2, 0.25) is 0 Å². The topological polar surface area (TPSA) is 76.4 Å². The van der Waals surface area contributed by atoms with Gasteiger partial charge in [-0.25, -0.2) is 4.79 Å². The van der Waals surface area contributed by atoms with E-state index in [-0.39, 0.29) is 16.1 Å². The fourth-order valence-electron chi connectivity index (χ4n) is 1.86. The van der Waals surface area contributed by atoms with E-state index < -0.39 is 23.5 Å². The summed E-state index contributed by atoms with van der Waals surface area (Å²) in [5, 5.41) is 9.50. The van der Waals surface area contributed by atoms with Crippen LogP contribution < -0.4 is 0 Å². The summed E-state index contributed by atoms with van der Waals surface area (Å²) in [5.41, 5.74) is 0.0963. The van der Waals surface area contributed by atoms with Gasteiger partial charge in [0, 0.05) is 0 Å². The monoisotopic (exact) mass is 323 g/mol. The van der Waals surface area contributed by atoms with Crippen molar-refractivity contribution < 1.29 is 19.1 Å². The Hall–Kier alpha value is -2.06. The zero-order valence-electron chi connectivity index (χ0n) is 13.2. The van der Waals surface area contributed by atoms with Gasteiger partial charge in [0.05, 0.1) is 23.8 Å². The summed E-state index contributed by atoms with van der Waals surface area (Å²) in [7, 11) is 1.21. The molecule has 1 atom stereocenters. The van der Waals surface area contributed by atoms with Gasteiger partial charge in [-0.15, -0.1) is 0 Å². The summed E-state index contributed by atoms with van der Waals surface area (Å²) in [5.74, 6) is -2.70. The first kappa shape index (κ1) is 18.0. The maximum Gasteiger partial charge on any atom is 0.339 e. The van der Waals surface area contributed by atoms with Gasteiger partial charge in [0.15, 0.2) is 5.92 Å². The number of aryl methyl sites for hydroxylation is 1. The Bertz CT molecular complexity index is 641. The smallest absolute Gasteiger partial charge is 0.339 e. The molecule has 0 saturated heterocycles. The third kappa shape index (κ3) is 3.99. The van der Waals surface area contributed by atoms with Gasteiger partial charge in [-0.05, 0) is 38.8 Å². The largest absolute Gasteiger partial charge is 0.465 e. The maximum atomic E-state index is 12.2. The predicted octanol–water partition coefficient (Wildman–Crippen LogP) is 3.38. The van der Waals surface area contributed by atoms with Gasteiger partial charge in [-0.1, -0.05) is 23.7 Å². The SMILES string of the molecule is COC(=O)c1c(C(C#N)C(=O)OC(C)(C)C)ccc(C)c1Cl. The summed E-state index contributed by atoms with van der Waals surface area (Å²) < 4.78 is 9.93. The van der Waals surface area contributed by atoms with Crippen LogP contribution in [0.2, 0.25) is 5.02 Å². The van der Waals surface area contributed by atoms with Gasteiger partial charge in [-0.3, -0.25) is 4.79 Å². The first-order valence-corrected chi connectivity index (χ1v) is 7.00. The standard InChI is InChI=1S/C16H18ClNO4/c1-9-6-7-10(12(13(9)17)15(20)21-5)11(8-18)14(19)22-16(2,3)4/h6-7,11H,1-5H3. The van der Waals surface area contributed by atoms with Crippen LogP contribution in [0.4, 0.5) is 0 Å². The molecule has 22 heavy (non-hydrogen) atoms. The third-order valence-corrected chi connectivity index (χ3v) is 3.33. The molecule has 0 bridgehead atoms. The summed E-state index contributed by atoms with van der Waals surface area (Å²) in [6.45, 7) is 6.81. The first-order valence-electron chi connectivity index (χ1n) is 6.62. The number of nitrogens with zero attached hydrogens (tertiary/aromatic N) is 1. The van der Waals surface area contributed by atoms with Gasteiger partial charge in [0.1, 0.15) is 5.60 Å². The molecule has 1 aromatic rings. The number of benzene rings is 1. The molecule has 0 spiro atoms. The molecule has 0 saturated carbocycles. The molecular formula is C16H18ClNO4. The van der Waals surface area contributed by atoms with E-state index >= 15 is 0 Å². The van der Waals surface area contributed by atoms with Crippen molar-refractivity contribution in [3.05, 3.63) is 33.8 Å². The van der Waals surface area contributed by atoms with Gasteiger partial charge in [0.25, 0.3) is 0 Å². The number of carbonyl (C=O) groups is 2. The normalized spacial score (nSPS) is 12.2. The fourth-order valence-corrected chi connectivity index (χ4v) is 2.10. The van der Waals surface area contributed by atoms with Crippen molar-refractivity contribution in [1.82, 2.24) is 0 Å². The number of esters is 2. The molecule has 0 radical (unpaired) electrons. The quantitative estimate of drug-likeness (QED) is 0.797. The highest BCUT2D eigenvalue weighted by molar-refractivity contribution is 6.34. The van der Waals surface area contributed by atoms with E-state index in [1.807, 2.05) is 6.07 Å². The van der Waals surface area contributed by atoms with Crippen LogP contribution in [0.25, 0.3) is 0 Å². The van der Waals surface area contributed by atoms with Crippen molar-refractivity contribution >= 4 is 23.5 Å². The average Bonchev–Trinajstić information content (AvgIpc) is 2.41. The molecule has 0 heterocycles. The van der Waals surface area contributed by atoms with E-state index in [0.717, 1.165) is 0 Å². The van der Waals surface area contributed by atoms with E-state index in [2.05, 4.69) is 0 Å². The number of hydrogen-bond donors (Lipinski definition) is 0. The Morgan fingerprint density at radius 2 is 1.91 bits per heavy atom. The lowest BCUT2D eigenvalue weighted by Crippen LogP contribution is -2.28. The van der Waals surface area contributed by atoms with E-state index in [0.29, 0.717) is 5.56 Å². The van der Waals surface area contributed by atoms with Gasteiger partial charge in [-0.2, -0.15) is 5.26 Å². The molecule has 0 N–H and O–H groups in total. The number of carbonyl (C=O) groups excluding carboxylic acids is 2. The minimum absolute atomic E-state index is 0.0153. The van der Waals surface area contributed by atoms with Gasteiger partial charge < -0.3 is 9.47 Å². The van der Waals surface area contributed by atoms with Crippen LogP contribution in [0.15, 0.2) is 12.1 Å². The number of ether oxygens (including phenoxy) is 2. The summed E-state index contributed by atoms with van der Waals surface area (Å²) in [4.78, 5) is 24.2. The zero-order valence-corrected chi connectivity index (χ0v) is 13.9. The Labute approximate surface area is 134 Å². The molecule has 5 nitrogen and oxygen atoms in total. The van der Waals surface area contributed by atoms with Crippen LogP contribution in [0.1, 0.15) is 48.2 Å². The number of methoxy groups -OCH3 is 1. The highest BCUT2D eigenvalue weighted by atomic mass is 35.5. The van der Waals surface area contributed by atoms with E-state index in [1.54, 1.807) is 33.8 Å². The Morgan fingerprint density at radius 1 is 1.32 bits per heavy atom. The minimum Gasteiger partial charge on any atom is -0.465 e. The Kier molecular flexibility index (Phi) is 5.56. The zero-order chi connectivity index (χ0) is 17.1. The third-order valence-electron chi connectivity index (χ3n) is 2.84. The Balaban J connectivity index is 3.41. The highest BCUT2D eigenvalue weighted by Gasteiger charge is 2.31. The average molecular weight is 324 g/mol. The summed E-state index contributed by atoms with van der Waals surface area (Å²) in [6.07, 6.45) is 0. The van der Waals surface area contributed by atoms with Crippen LogP contribution in [0, 0.1) is 18.3 Å². The van der Waals surface area contributed by atoms with E-state index in [4.69, 9.17) is 21.1 Å². The van der Waals surface area contributed by atoms with Crippen LogP contribution in [-0.2, 0) is 14.3 Å². The van der Waals surface area contributed by atoms with Crippen molar-refractivity contribution in [1.29, 1.82) is 5.26 Å². The first-order chi connectivity index (χ1) is 10.1. The summed E-state index contributed by atoms with van der Waals surface area (Å²) >= 11 is 6.15.